The normalized spacial score (nSPS) is 22.9. The van der Waals surface area contributed by atoms with Crippen LogP contribution < -0.4 is 5.32 Å². The Kier molecular flexibility index (Phi) is 3.62. The highest BCUT2D eigenvalue weighted by Crippen LogP contribution is 2.23. The van der Waals surface area contributed by atoms with Crippen molar-refractivity contribution in [2.75, 3.05) is 26.2 Å². The van der Waals surface area contributed by atoms with Crippen molar-refractivity contribution >= 4 is 11.6 Å². The smallest absolute Gasteiger partial charge is 0.0473 e. The van der Waals surface area contributed by atoms with Crippen LogP contribution in [0.5, 0.6) is 0 Å². The van der Waals surface area contributed by atoms with E-state index >= 15 is 0 Å². The average molecular weight is 225 g/mol. The van der Waals surface area contributed by atoms with Crippen LogP contribution in [0.3, 0.4) is 0 Å². The van der Waals surface area contributed by atoms with E-state index in [0.717, 1.165) is 31.2 Å². The van der Waals surface area contributed by atoms with E-state index in [0.29, 0.717) is 6.04 Å². The molecule has 1 N–H and O–H groups in total. The molecule has 1 aliphatic heterocycles. The molecule has 15 heavy (non-hydrogen) atoms. The molecule has 1 saturated heterocycles. The summed E-state index contributed by atoms with van der Waals surface area (Å²) >= 11 is 6.02. The van der Waals surface area contributed by atoms with E-state index in [2.05, 4.69) is 29.3 Å². The van der Waals surface area contributed by atoms with Crippen molar-refractivity contribution in [3.05, 3.63) is 34.9 Å². The summed E-state index contributed by atoms with van der Waals surface area (Å²) in [4.78, 5) is 2.49. The average Bonchev–Trinajstić information content (AvgIpc) is 2.29. The SMILES string of the molecule is CCN1CCNCC1c1cccc(Cl)c1. The van der Waals surface area contributed by atoms with Gasteiger partial charge in [-0.05, 0) is 24.2 Å². The molecule has 0 spiro atoms. The monoisotopic (exact) mass is 224 g/mol. The summed E-state index contributed by atoms with van der Waals surface area (Å²) in [5, 5.41) is 4.26. The van der Waals surface area contributed by atoms with E-state index in [4.69, 9.17) is 11.6 Å². The number of halogens is 1. The lowest BCUT2D eigenvalue weighted by Crippen LogP contribution is -2.45. The fraction of sp³-hybridized carbons (Fsp3) is 0.500. The molecule has 0 saturated carbocycles. The first-order chi connectivity index (χ1) is 7.31. The van der Waals surface area contributed by atoms with Crippen LogP contribution in [0.15, 0.2) is 24.3 Å². The summed E-state index contributed by atoms with van der Waals surface area (Å²) in [5.74, 6) is 0. The van der Waals surface area contributed by atoms with Crippen LogP contribution in [0.2, 0.25) is 5.02 Å². The summed E-state index contributed by atoms with van der Waals surface area (Å²) in [5.41, 5.74) is 1.32. The summed E-state index contributed by atoms with van der Waals surface area (Å²) in [6, 6.07) is 8.66. The lowest BCUT2D eigenvalue weighted by Gasteiger charge is -2.35. The van der Waals surface area contributed by atoms with Gasteiger partial charge in [-0.2, -0.15) is 0 Å². The number of hydrogen-bond acceptors (Lipinski definition) is 2. The molecule has 0 bridgehead atoms. The number of nitrogens with one attached hydrogen (secondary N) is 1. The Morgan fingerprint density at radius 1 is 1.53 bits per heavy atom. The minimum absolute atomic E-state index is 0.474. The molecular weight excluding hydrogens is 208 g/mol. The zero-order valence-corrected chi connectivity index (χ0v) is 9.80. The van der Waals surface area contributed by atoms with E-state index in [-0.39, 0.29) is 0 Å². The highest BCUT2D eigenvalue weighted by atomic mass is 35.5. The third-order valence-electron chi connectivity index (χ3n) is 2.99. The predicted molar refractivity (Wildman–Crippen MR) is 64.3 cm³/mol. The Morgan fingerprint density at radius 2 is 2.40 bits per heavy atom. The molecular formula is C12H17ClN2. The molecule has 82 valence electrons. The van der Waals surface area contributed by atoms with Crippen molar-refractivity contribution < 1.29 is 0 Å². The quantitative estimate of drug-likeness (QED) is 0.830. The summed E-state index contributed by atoms with van der Waals surface area (Å²) in [6.07, 6.45) is 0. The molecule has 1 heterocycles. The third kappa shape index (κ3) is 2.51. The highest BCUT2D eigenvalue weighted by molar-refractivity contribution is 6.30. The van der Waals surface area contributed by atoms with Crippen LogP contribution in [0.4, 0.5) is 0 Å². The van der Waals surface area contributed by atoms with E-state index in [9.17, 15) is 0 Å². The molecule has 0 radical (unpaired) electrons. The van der Waals surface area contributed by atoms with Crippen molar-refractivity contribution in [3.8, 4) is 0 Å². The zero-order valence-electron chi connectivity index (χ0n) is 9.04. The van der Waals surface area contributed by atoms with Gasteiger partial charge in [0.15, 0.2) is 0 Å². The molecule has 0 aromatic heterocycles. The molecule has 1 aliphatic rings. The summed E-state index contributed by atoms with van der Waals surface area (Å²) < 4.78 is 0. The van der Waals surface area contributed by atoms with Gasteiger partial charge in [0.05, 0.1) is 0 Å². The first kappa shape index (κ1) is 10.9. The predicted octanol–water partition coefficient (Wildman–Crippen LogP) is 2.31. The molecule has 1 atom stereocenters. The van der Waals surface area contributed by atoms with Gasteiger partial charge in [-0.1, -0.05) is 30.7 Å². The van der Waals surface area contributed by atoms with Crippen LogP contribution in [0.25, 0.3) is 0 Å². The first-order valence-corrected chi connectivity index (χ1v) is 5.89. The highest BCUT2D eigenvalue weighted by Gasteiger charge is 2.21. The zero-order chi connectivity index (χ0) is 10.7. The van der Waals surface area contributed by atoms with E-state index in [1.807, 2.05) is 12.1 Å². The molecule has 0 amide bonds. The van der Waals surface area contributed by atoms with Crippen molar-refractivity contribution in [2.45, 2.75) is 13.0 Å². The molecule has 2 rings (SSSR count). The maximum Gasteiger partial charge on any atom is 0.0473 e. The second-order valence-electron chi connectivity index (χ2n) is 3.90. The van der Waals surface area contributed by atoms with Gasteiger partial charge in [0, 0.05) is 30.7 Å². The number of benzene rings is 1. The van der Waals surface area contributed by atoms with Crippen LogP contribution in [-0.2, 0) is 0 Å². The lowest BCUT2D eigenvalue weighted by atomic mass is 10.0. The fourth-order valence-corrected chi connectivity index (χ4v) is 2.37. The van der Waals surface area contributed by atoms with Gasteiger partial charge in [-0.15, -0.1) is 0 Å². The molecule has 1 unspecified atom stereocenters. The third-order valence-corrected chi connectivity index (χ3v) is 3.23. The van der Waals surface area contributed by atoms with Crippen LogP contribution >= 0.6 is 11.6 Å². The van der Waals surface area contributed by atoms with Gasteiger partial charge < -0.3 is 5.32 Å². The van der Waals surface area contributed by atoms with Crippen molar-refractivity contribution in [2.24, 2.45) is 0 Å². The van der Waals surface area contributed by atoms with Gasteiger partial charge in [-0.3, -0.25) is 4.90 Å². The van der Waals surface area contributed by atoms with E-state index in [1.165, 1.54) is 5.56 Å². The Bertz CT molecular complexity index is 327. The van der Waals surface area contributed by atoms with E-state index in [1.54, 1.807) is 0 Å². The Morgan fingerprint density at radius 3 is 3.13 bits per heavy atom. The van der Waals surface area contributed by atoms with Crippen LogP contribution in [0.1, 0.15) is 18.5 Å². The molecule has 0 aliphatic carbocycles. The fourth-order valence-electron chi connectivity index (χ4n) is 2.17. The standard InChI is InChI=1S/C12H17ClN2/c1-2-15-7-6-14-9-12(15)10-4-3-5-11(13)8-10/h3-5,8,12,14H,2,6-7,9H2,1H3. The Labute approximate surface area is 96.2 Å². The molecule has 1 fully saturated rings. The second kappa shape index (κ2) is 4.97. The largest absolute Gasteiger partial charge is 0.314 e. The lowest BCUT2D eigenvalue weighted by molar-refractivity contribution is 0.171. The maximum absolute atomic E-state index is 6.02. The minimum atomic E-state index is 0.474. The summed E-state index contributed by atoms with van der Waals surface area (Å²) in [6.45, 7) is 6.54. The van der Waals surface area contributed by atoms with Crippen LogP contribution in [-0.4, -0.2) is 31.1 Å². The van der Waals surface area contributed by atoms with Gasteiger partial charge in [0.25, 0.3) is 0 Å². The number of hydrogen-bond donors (Lipinski definition) is 1. The van der Waals surface area contributed by atoms with Gasteiger partial charge in [0.2, 0.25) is 0 Å². The van der Waals surface area contributed by atoms with Crippen molar-refractivity contribution in [3.63, 3.8) is 0 Å². The van der Waals surface area contributed by atoms with Crippen molar-refractivity contribution in [1.29, 1.82) is 0 Å². The Balaban J connectivity index is 2.20. The van der Waals surface area contributed by atoms with Gasteiger partial charge >= 0.3 is 0 Å². The number of likely N-dealkylation sites (N-methyl/N-ethyl adjacent to an activating group) is 1. The molecule has 1 aromatic rings. The van der Waals surface area contributed by atoms with Gasteiger partial charge in [0.1, 0.15) is 0 Å². The molecule has 3 heteroatoms. The number of nitrogens with zero attached hydrogens (tertiary/aromatic N) is 1. The topological polar surface area (TPSA) is 15.3 Å². The van der Waals surface area contributed by atoms with E-state index < -0.39 is 0 Å². The first-order valence-electron chi connectivity index (χ1n) is 5.51. The summed E-state index contributed by atoms with van der Waals surface area (Å²) in [7, 11) is 0. The van der Waals surface area contributed by atoms with Gasteiger partial charge in [-0.25, -0.2) is 0 Å². The minimum Gasteiger partial charge on any atom is -0.314 e. The number of piperazine rings is 1. The van der Waals surface area contributed by atoms with Crippen molar-refractivity contribution in [1.82, 2.24) is 10.2 Å². The maximum atomic E-state index is 6.02. The second-order valence-corrected chi connectivity index (χ2v) is 4.34. The number of rotatable bonds is 2. The molecule has 2 nitrogen and oxygen atoms in total. The molecule has 1 aromatic carbocycles. The Hall–Kier alpha value is -0.570. The van der Waals surface area contributed by atoms with Crippen LogP contribution in [0, 0.1) is 0 Å².